The van der Waals surface area contributed by atoms with E-state index < -0.39 is 5.92 Å². The quantitative estimate of drug-likeness (QED) is 0.894. The number of halogens is 1. The summed E-state index contributed by atoms with van der Waals surface area (Å²) in [5, 5.41) is 12.1. The van der Waals surface area contributed by atoms with Crippen LogP contribution in [0.4, 0.5) is 5.69 Å². The molecular weight excluding hydrogens is 236 g/mol. The van der Waals surface area contributed by atoms with E-state index in [0.717, 1.165) is 5.56 Å². The Balaban J connectivity index is 2.85. The number of benzene rings is 1. The van der Waals surface area contributed by atoms with Crippen molar-refractivity contribution in [2.24, 2.45) is 11.8 Å². The number of carbonyl (C=O) groups is 1. The minimum absolute atomic E-state index is 0.0239. The van der Waals surface area contributed by atoms with Crippen LogP contribution in [0.2, 0.25) is 5.02 Å². The minimum Gasteiger partial charge on any atom is -0.324 e. The van der Waals surface area contributed by atoms with E-state index in [1.165, 1.54) is 0 Å². The summed E-state index contributed by atoms with van der Waals surface area (Å²) >= 11 is 6.00. The van der Waals surface area contributed by atoms with Gasteiger partial charge in [0.2, 0.25) is 5.91 Å². The van der Waals surface area contributed by atoms with E-state index in [-0.39, 0.29) is 11.8 Å². The Hall–Kier alpha value is -1.53. The minimum atomic E-state index is -0.660. The predicted octanol–water partition coefficient (Wildman–Crippen LogP) is 3.38. The van der Waals surface area contributed by atoms with Crippen LogP contribution >= 0.6 is 11.6 Å². The number of nitrogens with one attached hydrogen (secondary N) is 1. The lowest BCUT2D eigenvalue weighted by Crippen LogP contribution is -2.25. The second-order valence-electron chi connectivity index (χ2n) is 4.32. The predicted molar refractivity (Wildman–Crippen MR) is 68.8 cm³/mol. The summed E-state index contributed by atoms with van der Waals surface area (Å²) in [4.78, 5) is 11.8. The van der Waals surface area contributed by atoms with Crippen molar-refractivity contribution < 1.29 is 4.79 Å². The molecule has 1 aromatic rings. The molecule has 0 radical (unpaired) electrons. The lowest BCUT2D eigenvalue weighted by Gasteiger charge is -2.14. The highest BCUT2D eigenvalue weighted by Gasteiger charge is 2.22. The molecule has 90 valence electrons. The van der Waals surface area contributed by atoms with Gasteiger partial charge in [-0.25, -0.2) is 0 Å². The first-order chi connectivity index (χ1) is 7.95. The molecule has 1 amide bonds. The zero-order valence-electron chi connectivity index (χ0n) is 10.1. The number of carbonyl (C=O) groups excluding carboxylic acids is 1. The van der Waals surface area contributed by atoms with Gasteiger partial charge in [0.05, 0.1) is 16.8 Å². The molecule has 1 aromatic carbocycles. The van der Waals surface area contributed by atoms with Crippen LogP contribution in [0, 0.1) is 30.1 Å². The Labute approximate surface area is 106 Å². The van der Waals surface area contributed by atoms with E-state index in [9.17, 15) is 4.79 Å². The molecule has 0 aliphatic rings. The van der Waals surface area contributed by atoms with Crippen molar-refractivity contribution in [3.8, 4) is 6.07 Å². The maximum atomic E-state index is 11.8. The first-order valence-electron chi connectivity index (χ1n) is 5.42. The number of hydrogen-bond acceptors (Lipinski definition) is 2. The summed E-state index contributed by atoms with van der Waals surface area (Å²) in [5.74, 6) is -0.996. The highest BCUT2D eigenvalue weighted by molar-refractivity contribution is 6.33. The monoisotopic (exact) mass is 250 g/mol. The van der Waals surface area contributed by atoms with Crippen LogP contribution in [0.25, 0.3) is 0 Å². The fourth-order valence-corrected chi connectivity index (χ4v) is 1.72. The van der Waals surface area contributed by atoms with E-state index in [1.807, 2.05) is 32.9 Å². The van der Waals surface area contributed by atoms with Crippen LogP contribution in [-0.2, 0) is 4.79 Å². The molecule has 0 saturated carbocycles. The summed E-state index contributed by atoms with van der Waals surface area (Å²) in [6, 6.07) is 7.37. The van der Waals surface area contributed by atoms with Gasteiger partial charge in [0.25, 0.3) is 0 Å². The first kappa shape index (κ1) is 13.5. The second-order valence-corrected chi connectivity index (χ2v) is 4.73. The Kier molecular flexibility index (Phi) is 4.53. The Morgan fingerprint density at radius 2 is 2.12 bits per heavy atom. The molecule has 0 saturated heterocycles. The number of rotatable bonds is 3. The van der Waals surface area contributed by atoms with Crippen molar-refractivity contribution in [3.05, 3.63) is 28.8 Å². The molecule has 0 spiro atoms. The maximum Gasteiger partial charge on any atom is 0.242 e. The molecule has 1 atom stereocenters. The number of amides is 1. The maximum absolute atomic E-state index is 11.8. The average molecular weight is 251 g/mol. The van der Waals surface area contributed by atoms with Crippen LogP contribution in [0.15, 0.2) is 18.2 Å². The third-order valence-electron chi connectivity index (χ3n) is 2.47. The van der Waals surface area contributed by atoms with Gasteiger partial charge in [-0.1, -0.05) is 31.5 Å². The van der Waals surface area contributed by atoms with Gasteiger partial charge in [-0.2, -0.15) is 5.26 Å². The lowest BCUT2D eigenvalue weighted by molar-refractivity contribution is -0.119. The fraction of sp³-hybridized carbons (Fsp3) is 0.385. The number of aryl methyl sites for hydroxylation is 1. The van der Waals surface area contributed by atoms with Gasteiger partial charge >= 0.3 is 0 Å². The van der Waals surface area contributed by atoms with Gasteiger partial charge in [-0.15, -0.1) is 0 Å². The summed E-state index contributed by atoms with van der Waals surface area (Å²) in [5.41, 5.74) is 1.57. The third-order valence-corrected chi connectivity index (χ3v) is 2.78. The number of nitrogens with zero attached hydrogens (tertiary/aromatic N) is 1. The van der Waals surface area contributed by atoms with E-state index in [0.29, 0.717) is 10.7 Å². The molecule has 0 bridgehead atoms. The SMILES string of the molecule is Cc1ccc(NC(=O)C(C#N)C(C)C)c(Cl)c1. The topological polar surface area (TPSA) is 52.9 Å². The smallest absolute Gasteiger partial charge is 0.242 e. The molecule has 1 unspecified atom stereocenters. The van der Waals surface area contributed by atoms with Crippen LogP contribution in [0.1, 0.15) is 19.4 Å². The molecular formula is C13H15ClN2O. The summed E-state index contributed by atoms with van der Waals surface area (Å²) < 4.78 is 0. The molecule has 1 rings (SSSR count). The molecule has 0 aromatic heterocycles. The Bertz CT molecular complexity index is 463. The molecule has 1 N–H and O–H groups in total. The summed E-state index contributed by atoms with van der Waals surface area (Å²) in [7, 11) is 0. The van der Waals surface area contributed by atoms with E-state index in [4.69, 9.17) is 16.9 Å². The normalized spacial score (nSPS) is 12.0. The fourth-order valence-electron chi connectivity index (χ4n) is 1.44. The molecule has 0 heterocycles. The van der Waals surface area contributed by atoms with Gasteiger partial charge in [0, 0.05) is 0 Å². The summed E-state index contributed by atoms with van der Waals surface area (Å²) in [6.45, 7) is 5.60. The van der Waals surface area contributed by atoms with Gasteiger partial charge in [-0.05, 0) is 30.5 Å². The molecule has 3 nitrogen and oxygen atoms in total. The lowest BCUT2D eigenvalue weighted by atomic mass is 9.96. The Morgan fingerprint density at radius 1 is 1.47 bits per heavy atom. The Morgan fingerprint density at radius 3 is 2.59 bits per heavy atom. The van der Waals surface area contributed by atoms with E-state index >= 15 is 0 Å². The third kappa shape index (κ3) is 3.47. The van der Waals surface area contributed by atoms with Gasteiger partial charge in [0.15, 0.2) is 0 Å². The van der Waals surface area contributed by atoms with Crippen LogP contribution in [-0.4, -0.2) is 5.91 Å². The highest BCUT2D eigenvalue weighted by Crippen LogP contribution is 2.24. The van der Waals surface area contributed by atoms with Crippen molar-refractivity contribution in [1.82, 2.24) is 0 Å². The number of anilines is 1. The molecule has 0 fully saturated rings. The van der Waals surface area contributed by atoms with Gasteiger partial charge in [0.1, 0.15) is 5.92 Å². The van der Waals surface area contributed by atoms with Gasteiger partial charge in [-0.3, -0.25) is 4.79 Å². The number of nitriles is 1. The van der Waals surface area contributed by atoms with Crippen molar-refractivity contribution >= 4 is 23.2 Å². The first-order valence-corrected chi connectivity index (χ1v) is 5.80. The summed E-state index contributed by atoms with van der Waals surface area (Å²) in [6.07, 6.45) is 0. The van der Waals surface area contributed by atoms with Gasteiger partial charge < -0.3 is 5.32 Å². The second kappa shape index (κ2) is 5.70. The average Bonchev–Trinajstić information content (AvgIpc) is 2.22. The largest absolute Gasteiger partial charge is 0.324 e. The van der Waals surface area contributed by atoms with E-state index in [1.54, 1.807) is 12.1 Å². The van der Waals surface area contributed by atoms with Crippen LogP contribution in [0.3, 0.4) is 0 Å². The molecule has 17 heavy (non-hydrogen) atoms. The molecule has 0 aliphatic carbocycles. The van der Waals surface area contributed by atoms with E-state index in [2.05, 4.69) is 5.32 Å². The molecule has 4 heteroatoms. The standard InChI is InChI=1S/C13H15ClN2O/c1-8(2)10(7-15)13(17)16-12-5-4-9(3)6-11(12)14/h4-6,8,10H,1-3H3,(H,16,17). The van der Waals surface area contributed by atoms with Crippen molar-refractivity contribution in [1.29, 1.82) is 5.26 Å². The number of hydrogen-bond donors (Lipinski definition) is 1. The highest BCUT2D eigenvalue weighted by atomic mass is 35.5. The zero-order valence-corrected chi connectivity index (χ0v) is 10.9. The zero-order chi connectivity index (χ0) is 13.0. The van der Waals surface area contributed by atoms with Crippen molar-refractivity contribution in [2.75, 3.05) is 5.32 Å². The van der Waals surface area contributed by atoms with Crippen LogP contribution in [0.5, 0.6) is 0 Å². The van der Waals surface area contributed by atoms with Crippen molar-refractivity contribution in [3.63, 3.8) is 0 Å². The van der Waals surface area contributed by atoms with Crippen molar-refractivity contribution in [2.45, 2.75) is 20.8 Å². The molecule has 0 aliphatic heterocycles. The van der Waals surface area contributed by atoms with Crippen LogP contribution < -0.4 is 5.32 Å².